The highest BCUT2D eigenvalue weighted by Crippen LogP contribution is 2.05. The number of halogens is 1. The molecule has 7 nitrogen and oxygen atoms in total. The monoisotopic (exact) mass is 361 g/mol. The van der Waals surface area contributed by atoms with Crippen molar-refractivity contribution in [2.45, 2.75) is 39.3 Å². The number of aryl methyl sites for hydroxylation is 1. The summed E-state index contributed by atoms with van der Waals surface area (Å²) in [5.41, 5.74) is 2.54. The summed E-state index contributed by atoms with van der Waals surface area (Å²) in [4.78, 5) is 17.8. The summed E-state index contributed by atoms with van der Waals surface area (Å²) >= 11 is 0. The average Bonchev–Trinajstić information content (AvgIpc) is 2.97. The lowest BCUT2D eigenvalue weighted by atomic mass is 10.2. The van der Waals surface area contributed by atoms with Crippen molar-refractivity contribution in [3.8, 4) is 0 Å². The minimum absolute atomic E-state index is 0.213. The van der Waals surface area contributed by atoms with Gasteiger partial charge in [0.15, 0.2) is 11.3 Å². The number of hydrogen-bond donors (Lipinski definition) is 2. The molecule has 1 aliphatic rings. The second-order valence-corrected chi connectivity index (χ2v) is 5.99. The van der Waals surface area contributed by atoms with E-state index < -0.39 is 6.17 Å². The molecule has 0 radical (unpaired) electrons. The van der Waals surface area contributed by atoms with Gasteiger partial charge in [0, 0.05) is 27.2 Å². The minimum atomic E-state index is -0.967. The van der Waals surface area contributed by atoms with Crippen molar-refractivity contribution in [2.24, 2.45) is 22.0 Å². The average molecular weight is 361 g/mol. The normalized spacial score (nSPS) is 23.9. The Balaban J connectivity index is 2.57. The van der Waals surface area contributed by atoms with Crippen molar-refractivity contribution in [2.75, 3.05) is 20.1 Å². The molecular weight excluding hydrogens is 333 g/mol. The molecule has 2 heterocycles. The smallest absolute Gasteiger partial charge is 0.162 e. The van der Waals surface area contributed by atoms with E-state index in [0.717, 1.165) is 24.3 Å². The molecule has 0 saturated carbocycles. The van der Waals surface area contributed by atoms with Crippen LogP contribution in [-0.2, 0) is 7.05 Å². The Hall–Kier alpha value is -2.51. The van der Waals surface area contributed by atoms with Crippen LogP contribution in [0.4, 0.5) is 4.39 Å². The molecule has 26 heavy (non-hydrogen) atoms. The van der Waals surface area contributed by atoms with Gasteiger partial charge in [0.1, 0.15) is 11.5 Å². The number of allylic oxidation sites excluding steroid dienone is 2. The Morgan fingerprint density at radius 3 is 3.00 bits per heavy atom. The molecular formula is C18H28FN7. The van der Waals surface area contributed by atoms with Gasteiger partial charge in [0.05, 0.1) is 24.1 Å². The number of nitrogens with one attached hydrogen (secondary N) is 2. The summed E-state index contributed by atoms with van der Waals surface area (Å²) in [5.74, 6) is 0.559. The number of aliphatic imine (C=N–C) groups is 2. The van der Waals surface area contributed by atoms with Crippen LogP contribution >= 0.6 is 0 Å². The first kappa shape index (κ1) is 19.8. The first-order valence-electron chi connectivity index (χ1n) is 8.99. The van der Waals surface area contributed by atoms with Gasteiger partial charge in [0.25, 0.3) is 0 Å². The Kier molecular flexibility index (Phi) is 7.50. The summed E-state index contributed by atoms with van der Waals surface area (Å²) < 4.78 is 15.6. The first-order valence-corrected chi connectivity index (χ1v) is 8.99. The van der Waals surface area contributed by atoms with Gasteiger partial charge < -0.3 is 15.2 Å². The molecule has 1 aromatic heterocycles. The van der Waals surface area contributed by atoms with Crippen LogP contribution in [0.3, 0.4) is 0 Å². The van der Waals surface area contributed by atoms with E-state index in [9.17, 15) is 4.39 Å². The molecule has 2 N–H and O–H groups in total. The largest absolute Gasteiger partial charge is 0.373 e. The van der Waals surface area contributed by atoms with E-state index in [2.05, 4.69) is 50.5 Å². The van der Waals surface area contributed by atoms with E-state index in [1.165, 1.54) is 6.34 Å². The predicted octanol–water partition coefficient (Wildman–Crippen LogP) is 0.829. The van der Waals surface area contributed by atoms with Crippen LogP contribution in [0, 0.1) is 0 Å². The van der Waals surface area contributed by atoms with Crippen molar-refractivity contribution < 1.29 is 4.39 Å². The maximum atomic E-state index is 13.8. The number of imidazole rings is 1. The first-order chi connectivity index (χ1) is 12.6. The Labute approximate surface area is 153 Å². The van der Waals surface area contributed by atoms with Gasteiger partial charge in [0.2, 0.25) is 0 Å². The summed E-state index contributed by atoms with van der Waals surface area (Å²) in [6.45, 7) is 4.74. The Bertz CT molecular complexity index is 804. The zero-order valence-corrected chi connectivity index (χ0v) is 16.0. The van der Waals surface area contributed by atoms with Crippen molar-refractivity contribution in [3.05, 3.63) is 28.9 Å². The maximum absolute atomic E-state index is 13.8. The van der Waals surface area contributed by atoms with E-state index in [0.29, 0.717) is 29.6 Å². The van der Waals surface area contributed by atoms with Crippen LogP contribution in [0.1, 0.15) is 33.1 Å². The van der Waals surface area contributed by atoms with Gasteiger partial charge >= 0.3 is 0 Å². The quantitative estimate of drug-likeness (QED) is 0.763. The van der Waals surface area contributed by atoms with Crippen molar-refractivity contribution in [1.29, 1.82) is 0 Å². The van der Waals surface area contributed by atoms with Crippen LogP contribution in [0.2, 0.25) is 0 Å². The fraction of sp³-hybridized carbons (Fsp3) is 0.556. The lowest BCUT2D eigenvalue weighted by molar-refractivity contribution is 0.317. The molecule has 142 valence electrons. The van der Waals surface area contributed by atoms with E-state index in [4.69, 9.17) is 0 Å². The minimum Gasteiger partial charge on any atom is -0.373 e. The summed E-state index contributed by atoms with van der Waals surface area (Å²) in [7, 11) is 3.65. The van der Waals surface area contributed by atoms with Crippen molar-refractivity contribution >= 4 is 17.9 Å². The number of fused-ring (bicyclic) bond motifs is 1. The Morgan fingerprint density at radius 2 is 2.31 bits per heavy atom. The third-order valence-electron chi connectivity index (χ3n) is 4.04. The van der Waals surface area contributed by atoms with Gasteiger partial charge in [-0.1, -0.05) is 19.9 Å². The third-order valence-corrected chi connectivity index (χ3v) is 4.04. The molecule has 0 bridgehead atoms. The standard InChI is InChI=1S/C18H28FN7/c1-5-7-15(14(6-2)20-3)25-17-16-18(26(4)12-24-16)22-9-8-13(19)10-21-11-23-17/h7,11-13,25H,5-6,8-10H2,1-4H3,(H,21,23)/b15-7+,17-16-,20-14-,22-18+. The molecule has 2 rings (SSSR count). The van der Waals surface area contributed by atoms with Gasteiger partial charge in [-0.3, -0.25) is 9.98 Å². The molecule has 0 fully saturated rings. The van der Waals surface area contributed by atoms with Crippen molar-refractivity contribution in [3.63, 3.8) is 0 Å². The van der Waals surface area contributed by atoms with Gasteiger partial charge in [-0.05, 0) is 19.3 Å². The molecule has 0 aromatic carbocycles. The van der Waals surface area contributed by atoms with Crippen molar-refractivity contribution in [1.82, 2.24) is 20.2 Å². The van der Waals surface area contributed by atoms with Gasteiger partial charge in [-0.25, -0.2) is 14.4 Å². The zero-order valence-electron chi connectivity index (χ0n) is 16.0. The SMILES string of the molecule is CC/C=C(NC1=c2\ncn(C)\c2=N\CCC(F)CN\C=N\1)\C(CC)=N/C. The topological polar surface area (TPSA) is 79.0 Å². The Morgan fingerprint density at radius 1 is 1.50 bits per heavy atom. The summed E-state index contributed by atoms with van der Waals surface area (Å²) in [6.07, 6.45) is 6.33. The van der Waals surface area contributed by atoms with Gasteiger partial charge in [-0.15, -0.1) is 0 Å². The number of nitrogens with zero attached hydrogens (tertiary/aromatic N) is 5. The number of rotatable bonds is 5. The highest BCUT2D eigenvalue weighted by Gasteiger charge is 2.11. The van der Waals surface area contributed by atoms with Gasteiger partial charge in [-0.2, -0.15) is 0 Å². The third kappa shape index (κ3) is 5.00. The molecule has 0 aliphatic carbocycles. The molecule has 0 spiro atoms. The molecule has 0 saturated heterocycles. The highest BCUT2D eigenvalue weighted by molar-refractivity contribution is 6.00. The van der Waals surface area contributed by atoms with Crippen LogP contribution in [0.25, 0.3) is 5.82 Å². The number of aromatic nitrogens is 2. The highest BCUT2D eigenvalue weighted by atomic mass is 19.1. The van der Waals surface area contributed by atoms with Crippen LogP contribution in [0.5, 0.6) is 0 Å². The molecule has 8 heteroatoms. The lowest BCUT2D eigenvalue weighted by Crippen LogP contribution is -2.36. The van der Waals surface area contributed by atoms with E-state index >= 15 is 0 Å². The maximum Gasteiger partial charge on any atom is 0.162 e. The lowest BCUT2D eigenvalue weighted by Gasteiger charge is -2.12. The molecule has 1 aromatic rings. The zero-order chi connectivity index (χ0) is 18.9. The fourth-order valence-electron chi connectivity index (χ4n) is 2.67. The number of hydrogen-bond acceptors (Lipinski definition) is 6. The van der Waals surface area contributed by atoms with E-state index in [-0.39, 0.29) is 6.54 Å². The van der Waals surface area contributed by atoms with Crippen LogP contribution in [0.15, 0.2) is 33.1 Å². The predicted molar refractivity (Wildman–Crippen MR) is 103 cm³/mol. The van der Waals surface area contributed by atoms with Crippen LogP contribution in [-0.4, -0.2) is 47.9 Å². The summed E-state index contributed by atoms with van der Waals surface area (Å²) in [6, 6.07) is 0. The van der Waals surface area contributed by atoms with E-state index in [1.807, 2.05) is 11.6 Å². The molecule has 1 atom stereocenters. The second-order valence-electron chi connectivity index (χ2n) is 5.99. The molecule has 1 aliphatic heterocycles. The fourth-order valence-corrected chi connectivity index (χ4v) is 2.67. The molecule has 0 amide bonds. The van der Waals surface area contributed by atoms with Crippen LogP contribution < -0.4 is 21.5 Å². The second kappa shape index (κ2) is 9.84. The number of alkyl halides is 1. The molecule has 1 unspecified atom stereocenters. The van der Waals surface area contributed by atoms with E-state index in [1.54, 1.807) is 13.4 Å². The summed E-state index contributed by atoms with van der Waals surface area (Å²) in [5, 5.41) is 6.90.